The summed E-state index contributed by atoms with van der Waals surface area (Å²) in [6.45, 7) is 3.96. The normalized spacial score (nSPS) is 19.8. The highest BCUT2D eigenvalue weighted by atomic mass is 32.1. The standard InChI is InChI=1S/C12H18N2OS/c1-9-4-6-14(7-5-9)12(15)11(13)10-3-2-8-16-10/h2-3,8-9,11H,4-7,13H2,1H3. The van der Waals surface area contributed by atoms with Crippen LogP contribution < -0.4 is 5.73 Å². The number of thiophene rings is 1. The number of hydrogen-bond donors (Lipinski definition) is 1. The summed E-state index contributed by atoms with van der Waals surface area (Å²) in [7, 11) is 0. The molecule has 88 valence electrons. The molecule has 0 spiro atoms. The van der Waals surface area contributed by atoms with Crippen LogP contribution in [0.2, 0.25) is 0 Å². The molecular weight excluding hydrogens is 220 g/mol. The van der Waals surface area contributed by atoms with E-state index in [0.717, 1.165) is 36.7 Å². The van der Waals surface area contributed by atoms with Crippen molar-refractivity contribution in [1.82, 2.24) is 4.90 Å². The van der Waals surface area contributed by atoms with E-state index in [0.29, 0.717) is 0 Å². The van der Waals surface area contributed by atoms with Crippen molar-refractivity contribution in [2.24, 2.45) is 11.7 Å². The average molecular weight is 238 g/mol. The van der Waals surface area contributed by atoms with E-state index < -0.39 is 6.04 Å². The number of rotatable bonds is 2. The van der Waals surface area contributed by atoms with Gasteiger partial charge in [-0.1, -0.05) is 13.0 Å². The summed E-state index contributed by atoms with van der Waals surface area (Å²) in [5.74, 6) is 0.816. The Kier molecular flexibility index (Phi) is 3.61. The molecule has 2 N–H and O–H groups in total. The molecule has 0 bridgehead atoms. The van der Waals surface area contributed by atoms with Crippen LogP contribution in [0.15, 0.2) is 17.5 Å². The van der Waals surface area contributed by atoms with E-state index in [9.17, 15) is 4.79 Å². The molecule has 4 heteroatoms. The van der Waals surface area contributed by atoms with Gasteiger partial charge in [-0.15, -0.1) is 11.3 Å². The van der Waals surface area contributed by atoms with E-state index >= 15 is 0 Å². The topological polar surface area (TPSA) is 46.3 Å². The molecule has 0 aliphatic carbocycles. The summed E-state index contributed by atoms with van der Waals surface area (Å²) in [5, 5.41) is 1.96. The molecule has 1 aliphatic heterocycles. The highest BCUT2D eigenvalue weighted by molar-refractivity contribution is 7.10. The van der Waals surface area contributed by atoms with Gasteiger partial charge in [0.1, 0.15) is 6.04 Å². The first kappa shape index (κ1) is 11.6. The molecule has 1 aromatic heterocycles. The number of likely N-dealkylation sites (tertiary alicyclic amines) is 1. The Balaban J connectivity index is 1.97. The number of hydrogen-bond acceptors (Lipinski definition) is 3. The lowest BCUT2D eigenvalue weighted by molar-refractivity contribution is -0.134. The Morgan fingerprint density at radius 2 is 2.25 bits per heavy atom. The lowest BCUT2D eigenvalue weighted by Gasteiger charge is -2.31. The maximum atomic E-state index is 12.1. The van der Waals surface area contributed by atoms with Gasteiger partial charge in [0, 0.05) is 18.0 Å². The average Bonchev–Trinajstić information content (AvgIpc) is 2.81. The fourth-order valence-electron chi connectivity index (χ4n) is 2.02. The maximum Gasteiger partial charge on any atom is 0.244 e. The van der Waals surface area contributed by atoms with Gasteiger partial charge in [0.05, 0.1) is 0 Å². The first-order chi connectivity index (χ1) is 7.68. The molecule has 1 fully saturated rings. The molecule has 0 radical (unpaired) electrons. The van der Waals surface area contributed by atoms with Gasteiger partial charge in [-0.25, -0.2) is 0 Å². The maximum absolute atomic E-state index is 12.1. The van der Waals surface area contributed by atoms with Gasteiger partial charge in [0.25, 0.3) is 0 Å². The minimum Gasteiger partial charge on any atom is -0.341 e. The molecule has 1 amide bonds. The summed E-state index contributed by atoms with van der Waals surface area (Å²) >= 11 is 1.55. The molecule has 2 heterocycles. The van der Waals surface area contributed by atoms with Crippen LogP contribution in [0.4, 0.5) is 0 Å². The van der Waals surface area contributed by atoms with Crippen LogP contribution in [-0.4, -0.2) is 23.9 Å². The van der Waals surface area contributed by atoms with E-state index in [2.05, 4.69) is 6.92 Å². The van der Waals surface area contributed by atoms with Crippen molar-refractivity contribution in [2.75, 3.05) is 13.1 Å². The monoisotopic (exact) mass is 238 g/mol. The molecule has 3 nitrogen and oxygen atoms in total. The van der Waals surface area contributed by atoms with Crippen molar-refractivity contribution in [3.05, 3.63) is 22.4 Å². The minimum atomic E-state index is -0.464. The third kappa shape index (κ3) is 2.44. The van der Waals surface area contributed by atoms with Crippen LogP contribution >= 0.6 is 11.3 Å². The predicted molar refractivity (Wildman–Crippen MR) is 66.2 cm³/mol. The van der Waals surface area contributed by atoms with Crippen LogP contribution in [0.3, 0.4) is 0 Å². The zero-order valence-electron chi connectivity index (χ0n) is 9.56. The first-order valence-electron chi connectivity index (χ1n) is 5.76. The highest BCUT2D eigenvalue weighted by Gasteiger charge is 2.25. The number of nitrogens with zero attached hydrogens (tertiary/aromatic N) is 1. The molecule has 2 rings (SSSR count). The Labute approximate surface area is 100 Å². The number of nitrogens with two attached hydrogens (primary N) is 1. The fraction of sp³-hybridized carbons (Fsp3) is 0.583. The molecule has 1 saturated heterocycles. The summed E-state index contributed by atoms with van der Waals surface area (Å²) in [6.07, 6.45) is 2.20. The van der Waals surface area contributed by atoms with Crippen molar-refractivity contribution in [3.8, 4) is 0 Å². The Hall–Kier alpha value is -0.870. The molecular formula is C12H18N2OS. The third-order valence-corrected chi connectivity index (χ3v) is 4.17. The zero-order chi connectivity index (χ0) is 11.5. The smallest absolute Gasteiger partial charge is 0.244 e. The summed E-state index contributed by atoms with van der Waals surface area (Å²) in [5.41, 5.74) is 5.97. The van der Waals surface area contributed by atoms with Crippen LogP contribution in [0.1, 0.15) is 30.7 Å². The van der Waals surface area contributed by atoms with Crippen LogP contribution in [0.25, 0.3) is 0 Å². The number of carbonyl (C=O) groups excluding carboxylic acids is 1. The quantitative estimate of drug-likeness (QED) is 0.856. The van der Waals surface area contributed by atoms with Gasteiger partial charge in [-0.05, 0) is 30.2 Å². The number of piperidine rings is 1. The first-order valence-corrected chi connectivity index (χ1v) is 6.64. The minimum absolute atomic E-state index is 0.0781. The molecule has 1 atom stereocenters. The van der Waals surface area contributed by atoms with Gasteiger partial charge in [-0.2, -0.15) is 0 Å². The van der Waals surface area contributed by atoms with Gasteiger partial charge in [0.15, 0.2) is 0 Å². The number of amides is 1. The SMILES string of the molecule is CC1CCN(C(=O)C(N)c2cccs2)CC1. The second-order valence-electron chi connectivity index (χ2n) is 4.50. The zero-order valence-corrected chi connectivity index (χ0v) is 10.4. The lowest BCUT2D eigenvalue weighted by atomic mass is 9.98. The Morgan fingerprint density at radius 1 is 1.56 bits per heavy atom. The second kappa shape index (κ2) is 4.97. The van der Waals surface area contributed by atoms with Gasteiger partial charge in [0.2, 0.25) is 5.91 Å². The second-order valence-corrected chi connectivity index (χ2v) is 5.48. The summed E-state index contributed by atoms with van der Waals surface area (Å²) in [6, 6.07) is 3.40. The fourth-order valence-corrected chi connectivity index (χ4v) is 2.73. The van der Waals surface area contributed by atoms with E-state index in [4.69, 9.17) is 5.73 Å². The molecule has 1 aliphatic rings. The van der Waals surface area contributed by atoms with Crippen LogP contribution in [0, 0.1) is 5.92 Å². The molecule has 16 heavy (non-hydrogen) atoms. The van der Waals surface area contributed by atoms with Crippen LogP contribution in [0.5, 0.6) is 0 Å². The molecule has 0 aromatic carbocycles. The van der Waals surface area contributed by atoms with Gasteiger partial charge >= 0.3 is 0 Å². The van der Waals surface area contributed by atoms with E-state index in [1.165, 1.54) is 0 Å². The van der Waals surface area contributed by atoms with Crippen LogP contribution in [-0.2, 0) is 4.79 Å². The Bertz CT molecular complexity index is 342. The van der Waals surface area contributed by atoms with Crippen molar-refractivity contribution >= 4 is 17.2 Å². The van der Waals surface area contributed by atoms with Crippen molar-refractivity contribution in [3.63, 3.8) is 0 Å². The van der Waals surface area contributed by atoms with Crippen molar-refractivity contribution in [1.29, 1.82) is 0 Å². The van der Waals surface area contributed by atoms with Crippen molar-refractivity contribution < 1.29 is 4.79 Å². The molecule has 1 aromatic rings. The van der Waals surface area contributed by atoms with Gasteiger partial charge in [-0.3, -0.25) is 4.79 Å². The number of carbonyl (C=O) groups is 1. The molecule has 0 saturated carbocycles. The highest BCUT2D eigenvalue weighted by Crippen LogP contribution is 2.22. The van der Waals surface area contributed by atoms with Gasteiger partial charge < -0.3 is 10.6 Å². The van der Waals surface area contributed by atoms with E-state index in [-0.39, 0.29) is 5.91 Å². The van der Waals surface area contributed by atoms with E-state index in [1.807, 2.05) is 22.4 Å². The predicted octanol–water partition coefficient (Wildman–Crippen LogP) is 2.01. The largest absolute Gasteiger partial charge is 0.341 e. The molecule has 1 unspecified atom stereocenters. The summed E-state index contributed by atoms with van der Waals surface area (Å²) in [4.78, 5) is 15.0. The van der Waals surface area contributed by atoms with E-state index in [1.54, 1.807) is 11.3 Å². The Morgan fingerprint density at radius 3 is 2.81 bits per heavy atom. The summed E-state index contributed by atoms with van der Waals surface area (Å²) < 4.78 is 0. The van der Waals surface area contributed by atoms with Crippen molar-refractivity contribution in [2.45, 2.75) is 25.8 Å². The third-order valence-electron chi connectivity index (χ3n) is 3.21. The lowest BCUT2D eigenvalue weighted by Crippen LogP contribution is -2.42.